The van der Waals surface area contributed by atoms with E-state index in [0.29, 0.717) is 11.7 Å². The molecule has 1 atom stereocenters. The van der Waals surface area contributed by atoms with Crippen LogP contribution in [0.1, 0.15) is 91.4 Å². The Bertz CT molecular complexity index is 476. The molecular weight excluding hydrogens is 328 g/mol. The normalized spacial score (nSPS) is 13.9. The van der Waals surface area contributed by atoms with Crippen molar-refractivity contribution in [1.82, 2.24) is 0 Å². The molecule has 0 amide bonds. The van der Waals surface area contributed by atoms with Gasteiger partial charge >= 0.3 is 0 Å². The zero-order chi connectivity index (χ0) is 20.0. The second-order valence-electron chi connectivity index (χ2n) is 7.06. The van der Waals surface area contributed by atoms with Crippen molar-refractivity contribution in [2.24, 2.45) is 5.92 Å². The van der Waals surface area contributed by atoms with Crippen LogP contribution in [-0.4, -0.2) is 5.78 Å². The van der Waals surface area contributed by atoms with Crippen molar-refractivity contribution >= 4 is 5.78 Å². The molecule has 0 heterocycles. The molecule has 1 unspecified atom stereocenters. The third kappa shape index (κ3) is 18.9. The van der Waals surface area contributed by atoms with Gasteiger partial charge in [0, 0.05) is 5.92 Å². The summed E-state index contributed by atoms with van der Waals surface area (Å²) >= 11 is 0. The van der Waals surface area contributed by atoms with Gasteiger partial charge < -0.3 is 0 Å². The molecule has 0 aromatic heterocycles. The van der Waals surface area contributed by atoms with E-state index in [4.69, 9.17) is 0 Å². The molecule has 0 radical (unpaired) electrons. The van der Waals surface area contributed by atoms with E-state index in [0.717, 1.165) is 51.4 Å². The lowest BCUT2D eigenvalue weighted by atomic mass is 9.95. The molecule has 0 aliphatic carbocycles. The molecule has 0 N–H and O–H groups in total. The Morgan fingerprint density at radius 3 is 1.59 bits per heavy atom. The highest BCUT2D eigenvalue weighted by atomic mass is 16.1. The molecule has 27 heavy (non-hydrogen) atoms. The van der Waals surface area contributed by atoms with E-state index in [1.807, 2.05) is 0 Å². The standard InChI is InChI=1S/C26H42O/c1-4-6-7-8-9-10-11-12-13-14-15-16-17-18-19-20-21-22-23-24-26(5-2)25(3)27/h6-7,9-10,12-13,15-16,18-19,26H,4-5,8,11,14,17,20-24H2,1-3H3/b7-6-,10-9-,13-12-,16-15-,19-18-. The van der Waals surface area contributed by atoms with Crippen molar-refractivity contribution in [3.05, 3.63) is 60.8 Å². The van der Waals surface area contributed by atoms with Crippen LogP contribution in [0, 0.1) is 5.92 Å². The average Bonchev–Trinajstić information content (AvgIpc) is 2.66. The molecule has 0 spiro atoms. The molecule has 0 fully saturated rings. The summed E-state index contributed by atoms with van der Waals surface area (Å²) in [6.07, 6.45) is 34.5. The third-order valence-electron chi connectivity index (χ3n) is 4.65. The Balaban J connectivity index is 3.51. The lowest BCUT2D eigenvalue weighted by Crippen LogP contribution is -2.09. The van der Waals surface area contributed by atoms with Crippen molar-refractivity contribution in [1.29, 1.82) is 0 Å². The third-order valence-corrected chi connectivity index (χ3v) is 4.65. The Hall–Kier alpha value is -1.63. The second-order valence-corrected chi connectivity index (χ2v) is 7.06. The van der Waals surface area contributed by atoms with Gasteiger partial charge in [0.25, 0.3) is 0 Å². The van der Waals surface area contributed by atoms with Gasteiger partial charge in [-0.1, -0.05) is 87.4 Å². The highest BCUT2D eigenvalue weighted by molar-refractivity contribution is 5.78. The predicted molar refractivity (Wildman–Crippen MR) is 122 cm³/mol. The fourth-order valence-corrected chi connectivity index (χ4v) is 2.89. The monoisotopic (exact) mass is 370 g/mol. The highest BCUT2D eigenvalue weighted by Gasteiger charge is 2.10. The van der Waals surface area contributed by atoms with Crippen molar-refractivity contribution < 1.29 is 4.79 Å². The summed E-state index contributed by atoms with van der Waals surface area (Å²) in [7, 11) is 0. The number of ketones is 1. The van der Waals surface area contributed by atoms with Crippen LogP contribution in [-0.2, 0) is 4.79 Å². The minimum atomic E-state index is 0.290. The zero-order valence-electron chi connectivity index (χ0n) is 18.0. The van der Waals surface area contributed by atoms with Crippen molar-refractivity contribution in [2.75, 3.05) is 0 Å². The van der Waals surface area contributed by atoms with Crippen LogP contribution in [0.25, 0.3) is 0 Å². The molecule has 0 bridgehead atoms. The fourth-order valence-electron chi connectivity index (χ4n) is 2.89. The minimum absolute atomic E-state index is 0.290. The van der Waals surface area contributed by atoms with Gasteiger partial charge in [-0.2, -0.15) is 0 Å². The summed E-state index contributed by atoms with van der Waals surface area (Å²) in [5.41, 5.74) is 0. The Morgan fingerprint density at radius 2 is 1.15 bits per heavy atom. The van der Waals surface area contributed by atoms with Crippen molar-refractivity contribution in [3.8, 4) is 0 Å². The zero-order valence-corrected chi connectivity index (χ0v) is 18.0. The smallest absolute Gasteiger partial charge is 0.132 e. The fraction of sp³-hybridized carbons (Fsp3) is 0.577. The molecular formula is C26H42O. The van der Waals surface area contributed by atoms with Gasteiger partial charge in [-0.15, -0.1) is 0 Å². The molecule has 1 heteroatoms. The lowest BCUT2D eigenvalue weighted by Gasteiger charge is -2.09. The number of Topliss-reactive ketones (excluding diaryl/α,β-unsaturated/α-hetero) is 1. The first kappa shape index (κ1) is 25.4. The molecule has 1 nitrogen and oxygen atoms in total. The number of hydrogen-bond acceptors (Lipinski definition) is 1. The summed E-state index contributed by atoms with van der Waals surface area (Å²) in [5, 5.41) is 0. The van der Waals surface area contributed by atoms with E-state index >= 15 is 0 Å². The van der Waals surface area contributed by atoms with E-state index in [1.165, 1.54) is 19.3 Å². The quantitative estimate of drug-likeness (QED) is 0.186. The van der Waals surface area contributed by atoms with Crippen LogP contribution in [0.15, 0.2) is 60.8 Å². The van der Waals surface area contributed by atoms with Gasteiger partial charge in [0.05, 0.1) is 0 Å². The van der Waals surface area contributed by atoms with Crippen LogP contribution >= 0.6 is 0 Å². The Labute approximate surface area is 169 Å². The molecule has 0 aromatic carbocycles. The highest BCUT2D eigenvalue weighted by Crippen LogP contribution is 2.15. The van der Waals surface area contributed by atoms with Gasteiger partial charge in [0.15, 0.2) is 0 Å². The van der Waals surface area contributed by atoms with Crippen LogP contribution in [0.3, 0.4) is 0 Å². The first-order valence-electron chi connectivity index (χ1n) is 11.0. The van der Waals surface area contributed by atoms with Crippen molar-refractivity contribution in [2.45, 2.75) is 91.4 Å². The summed E-state index contributed by atoms with van der Waals surface area (Å²) < 4.78 is 0. The predicted octanol–water partition coefficient (Wildman–Crippen LogP) is 8.30. The van der Waals surface area contributed by atoms with Gasteiger partial charge in [-0.25, -0.2) is 0 Å². The average molecular weight is 371 g/mol. The number of hydrogen-bond donors (Lipinski definition) is 0. The summed E-state index contributed by atoms with van der Waals surface area (Å²) in [5.74, 6) is 0.647. The summed E-state index contributed by atoms with van der Waals surface area (Å²) in [6.45, 7) is 6.00. The van der Waals surface area contributed by atoms with Crippen LogP contribution < -0.4 is 0 Å². The maximum atomic E-state index is 11.4. The number of allylic oxidation sites excluding steroid dienone is 10. The van der Waals surface area contributed by atoms with Gasteiger partial charge in [0.2, 0.25) is 0 Å². The number of unbranched alkanes of at least 4 members (excludes halogenated alkanes) is 3. The van der Waals surface area contributed by atoms with Crippen molar-refractivity contribution in [3.63, 3.8) is 0 Å². The number of rotatable bonds is 17. The van der Waals surface area contributed by atoms with E-state index in [9.17, 15) is 4.79 Å². The molecule has 0 saturated heterocycles. The van der Waals surface area contributed by atoms with E-state index in [2.05, 4.69) is 74.6 Å². The molecule has 0 saturated carbocycles. The molecule has 0 aromatic rings. The lowest BCUT2D eigenvalue weighted by molar-refractivity contribution is -0.121. The molecule has 0 aliphatic heterocycles. The SMILES string of the molecule is CC/C=C\C/C=C\C/C=C\C/C=C\C/C=C\CCCCCC(CC)C(C)=O. The summed E-state index contributed by atoms with van der Waals surface area (Å²) in [6, 6.07) is 0. The van der Waals surface area contributed by atoms with Crippen LogP contribution in [0.4, 0.5) is 0 Å². The maximum Gasteiger partial charge on any atom is 0.132 e. The van der Waals surface area contributed by atoms with Gasteiger partial charge in [-0.3, -0.25) is 4.79 Å². The van der Waals surface area contributed by atoms with E-state index < -0.39 is 0 Å². The van der Waals surface area contributed by atoms with Gasteiger partial charge in [-0.05, 0) is 64.7 Å². The number of carbonyl (C=O) groups excluding carboxylic acids is 1. The maximum absolute atomic E-state index is 11.4. The largest absolute Gasteiger partial charge is 0.300 e. The first-order chi connectivity index (χ1) is 13.2. The molecule has 0 aliphatic rings. The number of carbonyl (C=O) groups is 1. The molecule has 152 valence electrons. The van der Waals surface area contributed by atoms with E-state index in [1.54, 1.807) is 6.92 Å². The first-order valence-corrected chi connectivity index (χ1v) is 11.0. The minimum Gasteiger partial charge on any atom is -0.300 e. The Kier molecular flexibility index (Phi) is 19.4. The molecule has 0 rings (SSSR count). The van der Waals surface area contributed by atoms with Crippen LogP contribution in [0.5, 0.6) is 0 Å². The van der Waals surface area contributed by atoms with E-state index in [-0.39, 0.29) is 0 Å². The summed E-state index contributed by atoms with van der Waals surface area (Å²) in [4.78, 5) is 11.4. The van der Waals surface area contributed by atoms with Gasteiger partial charge in [0.1, 0.15) is 5.78 Å². The Morgan fingerprint density at radius 1 is 0.667 bits per heavy atom. The van der Waals surface area contributed by atoms with Crippen LogP contribution in [0.2, 0.25) is 0 Å². The second kappa shape index (κ2) is 20.7. The topological polar surface area (TPSA) is 17.1 Å².